The van der Waals surface area contributed by atoms with Crippen LogP contribution in [0.3, 0.4) is 0 Å². The quantitative estimate of drug-likeness (QED) is 0.538. The van der Waals surface area contributed by atoms with Gasteiger partial charge in [0.2, 0.25) is 0 Å². The van der Waals surface area contributed by atoms with Gasteiger partial charge in [0.15, 0.2) is 11.5 Å². The molecule has 1 aliphatic rings. The van der Waals surface area contributed by atoms with E-state index < -0.39 is 5.82 Å². The van der Waals surface area contributed by atoms with Crippen molar-refractivity contribution in [2.75, 3.05) is 43.9 Å². The van der Waals surface area contributed by atoms with E-state index >= 15 is 0 Å². The molecule has 0 bridgehead atoms. The number of anilines is 1. The zero-order valence-electron chi connectivity index (χ0n) is 16.4. The summed E-state index contributed by atoms with van der Waals surface area (Å²) in [6.45, 7) is 4.84. The molecular weight excluding hydrogens is 408 g/mol. The molecule has 5 nitrogen and oxygen atoms in total. The minimum Gasteiger partial charge on any atom is -0.395 e. The molecule has 2 aromatic carbocycles. The molecule has 0 atom stereocenters. The Morgan fingerprint density at radius 3 is 2.28 bits per heavy atom. The molecule has 1 aromatic heterocycles. The molecule has 2 heterocycles. The van der Waals surface area contributed by atoms with Gasteiger partial charge < -0.3 is 13.7 Å². The van der Waals surface area contributed by atoms with Crippen molar-refractivity contribution in [3.63, 3.8) is 0 Å². The lowest BCUT2D eigenvalue weighted by atomic mass is 10.1. The predicted molar refractivity (Wildman–Crippen MR) is 121 cm³/mol. The molecule has 1 aliphatic heterocycles. The molecule has 154 valence electrons. The van der Waals surface area contributed by atoms with Gasteiger partial charge in [-0.1, -0.05) is 18.2 Å². The van der Waals surface area contributed by atoms with E-state index in [1.165, 1.54) is 10.6 Å². The molecule has 0 N–H and O–H groups in total. The van der Waals surface area contributed by atoms with Crippen molar-refractivity contribution in [1.82, 2.24) is 4.90 Å². The molecule has 1 saturated heterocycles. The summed E-state index contributed by atoms with van der Waals surface area (Å²) in [5.74, 6) is 0.556. The first-order chi connectivity index (χ1) is 13.7. The lowest BCUT2D eigenvalue weighted by Gasteiger charge is -2.36. The molecule has 0 unspecified atom stereocenters. The van der Waals surface area contributed by atoms with Gasteiger partial charge in [0.25, 0.3) is 0 Å². The molecule has 7 heteroatoms. The molecule has 0 aliphatic carbocycles. The van der Waals surface area contributed by atoms with Crippen LogP contribution >= 0.6 is 24.2 Å². The number of halogens is 1. The van der Waals surface area contributed by atoms with Crippen molar-refractivity contribution >= 4 is 29.9 Å². The van der Waals surface area contributed by atoms with Crippen LogP contribution < -0.4 is 10.7 Å². The van der Waals surface area contributed by atoms with Crippen molar-refractivity contribution in [2.45, 2.75) is 11.3 Å². The van der Waals surface area contributed by atoms with Crippen LogP contribution in [0.5, 0.6) is 0 Å². The van der Waals surface area contributed by atoms with Gasteiger partial charge in [0, 0.05) is 55.3 Å². The van der Waals surface area contributed by atoms with Crippen molar-refractivity contribution in [2.24, 2.45) is 0 Å². The van der Waals surface area contributed by atoms with Crippen molar-refractivity contribution in [3.8, 4) is 11.3 Å². The smallest absolute Gasteiger partial charge is 0.395 e. The number of thioether (sulfide) groups is 1. The Morgan fingerprint density at radius 2 is 1.62 bits per heavy atom. The molecule has 0 radical (unpaired) electrons. The molecule has 0 amide bonds. The van der Waals surface area contributed by atoms with E-state index in [0.717, 1.165) is 38.3 Å². The van der Waals surface area contributed by atoms with Gasteiger partial charge in [0.05, 0.1) is 0 Å². The number of nitrogens with zero attached hydrogens (tertiary/aromatic N) is 2. The summed E-state index contributed by atoms with van der Waals surface area (Å²) in [5, 5.41) is 0. The molecule has 0 spiro atoms. The predicted octanol–water partition coefficient (Wildman–Crippen LogP) is 4.41. The molecule has 1 fully saturated rings. The number of hydrogen-bond acceptors (Lipinski definition) is 6. The van der Waals surface area contributed by atoms with E-state index in [1.54, 1.807) is 11.8 Å². The van der Waals surface area contributed by atoms with Crippen LogP contribution in [0, 0.1) is 0 Å². The zero-order valence-corrected chi connectivity index (χ0v) is 18.0. The monoisotopic (exact) mass is 432 g/mol. The molecule has 4 rings (SSSR count). The molecule has 3 aromatic rings. The van der Waals surface area contributed by atoms with Crippen LogP contribution in [-0.2, 0) is 6.42 Å². The van der Waals surface area contributed by atoms with Crippen LogP contribution in [0.1, 0.15) is 5.76 Å². The highest BCUT2D eigenvalue weighted by molar-refractivity contribution is 7.98. The molecule has 29 heavy (non-hydrogen) atoms. The van der Waals surface area contributed by atoms with Gasteiger partial charge in [-0.3, -0.25) is 4.90 Å². The maximum atomic E-state index is 11.7. The Bertz CT molecular complexity index is 948. The molecular formula is C22H25ClN2O3S. The lowest BCUT2D eigenvalue weighted by Crippen LogP contribution is -2.47. The first-order valence-electron chi connectivity index (χ1n) is 9.52. The zero-order chi connectivity index (χ0) is 19.3. The minimum atomic E-state index is -0.632. The fourth-order valence-electron chi connectivity index (χ4n) is 3.56. The maximum Gasteiger partial charge on any atom is 0.519 e. The van der Waals surface area contributed by atoms with Gasteiger partial charge in [0.1, 0.15) is 0 Å². The third kappa shape index (κ3) is 5.26. The van der Waals surface area contributed by atoms with Gasteiger partial charge in [-0.05, 0) is 42.7 Å². The highest BCUT2D eigenvalue weighted by atomic mass is 35.5. The Kier molecular flexibility index (Phi) is 7.47. The highest BCUT2D eigenvalue weighted by Crippen LogP contribution is 2.26. The number of hydrogen-bond donors (Lipinski definition) is 0. The standard InChI is InChI=1S/C22H24N2O3S.ClH/c1-28-19-9-7-17(8-10-19)21-20(26-22(25)27-21)11-12-23-13-15-24(16-14-23)18-5-3-2-4-6-18;/h2-10H,11-16H2,1H3;1H. The number of benzene rings is 2. The average molecular weight is 433 g/mol. The van der Waals surface area contributed by atoms with Crippen molar-refractivity contribution < 1.29 is 8.83 Å². The summed E-state index contributed by atoms with van der Waals surface area (Å²) >= 11 is 1.68. The summed E-state index contributed by atoms with van der Waals surface area (Å²) < 4.78 is 10.7. The minimum absolute atomic E-state index is 0. The van der Waals surface area contributed by atoms with E-state index in [-0.39, 0.29) is 12.4 Å². The van der Waals surface area contributed by atoms with Gasteiger partial charge in [-0.15, -0.1) is 24.2 Å². The third-order valence-electron chi connectivity index (χ3n) is 5.15. The van der Waals surface area contributed by atoms with Crippen LogP contribution in [0.2, 0.25) is 0 Å². The molecule has 0 saturated carbocycles. The van der Waals surface area contributed by atoms with E-state index in [1.807, 2.05) is 36.6 Å². The van der Waals surface area contributed by atoms with Crippen LogP contribution in [0.15, 0.2) is 73.1 Å². The summed E-state index contributed by atoms with van der Waals surface area (Å²) in [7, 11) is 0. The summed E-state index contributed by atoms with van der Waals surface area (Å²) in [6.07, 6.45) is 2.70. The second kappa shape index (κ2) is 10.1. The fraction of sp³-hybridized carbons (Fsp3) is 0.318. The summed E-state index contributed by atoms with van der Waals surface area (Å²) in [4.78, 5) is 17.7. The second-order valence-corrected chi connectivity index (χ2v) is 7.73. The Labute approximate surface area is 181 Å². The van der Waals surface area contributed by atoms with E-state index in [9.17, 15) is 4.79 Å². The highest BCUT2D eigenvalue weighted by Gasteiger charge is 2.20. The number of rotatable bonds is 6. The first kappa shape index (κ1) is 21.6. The number of para-hydroxylation sites is 1. The topological polar surface area (TPSA) is 49.8 Å². The largest absolute Gasteiger partial charge is 0.519 e. The average Bonchev–Trinajstić information content (AvgIpc) is 3.14. The Balaban J connectivity index is 0.00000240. The second-order valence-electron chi connectivity index (χ2n) is 6.85. The van der Waals surface area contributed by atoms with Gasteiger partial charge in [-0.2, -0.15) is 0 Å². The lowest BCUT2D eigenvalue weighted by molar-refractivity contribution is 0.254. The SMILES string of the molecule is CSc1ccc(-c2oc(=O)oc2CCN2CCN(c3ccccc3)CC2)cc1.Cl. The van der Waals surface area contributed by atoms with Crippen LogP contribution in [0.25, 0.3) is 11.3 Å². The van der Waals surface area contributed by atoms with Crippen LogP contribution in [-0.4, -0.2) is 43.9 Å². The van der Waals surface area contributed by atoms with Gasteiger partial charge >= 0.3 is 5.82 Å². The van der Waals surface area contributed by atoms with Gasteiger partial charge in [-0.25, -0.2) is 4.79 Å². The number of piperazine rings is 1. The van der Waals surface area contributed by atoms with Crippen LogP contribution in [0.4, 0.5) is 5.69 Å². The van der Waals surface area contributed by atoms with Crippen molar-refractivity contribution in [1.29, 1.82) is 0 Å². The summed E-state index contributed by atoms with van der Waals surface area (Å²) in [6, 6.07) is 18.5. The van der Waals surface area contributed by atoms with Crippen molar-refractivity contribution in [3.05, 3.63) is 71.0 Å². The normalized spacial score (nSPS) is 14.6. The maximum absolute atomic E-state index is 11.7. The summed E-state index contributed by atoms with van der Waals surface area (Å²) in [5.41, 5.74) is 2.16. The van der Waals surface area contributed by atoms with E-state index in [4.69, 9.17) is 8.83 Å². The fourth-order valence-corrected chi connectivity index (χ4v) is 3.97. The Hall–Kier alpha value is -2.15. The van der Waals surface area contributed by atoms with E-state index in [2.05, 4.69) is 34.1 Å². The van der Waals surface area contributed by atoms with E-state index in [0.29, 0.717) is 17.9 Å². The first-order valence-corrected chi connectivity index (χ1v) is 10.7. The Morgan fingerprint density at radius 1 is 0.931 bits per heavy atom. The third-order valence-corrected chi connectivity index (χ3v) is 5.89.